The number of nitrogens with zero attached hydrogens (tertiary/aromatic N) is 1. The largest absolute Gasteiger partial charge is 0.322 e. The Bertz CT molecular complexity index is 725. The van der Waals surface area contributed by atoms with Gasteiger partial charge in [0.1, 0.15) is 5.37 Å². The van der Waals surface area contributed by atoms with Crippen molar-refractivity contribution in [2.75, 3.05) is 12.3 Å². The summed E-state index contributed by atoms with van der Waals surface area (Å²) < 4.78 is 0.961. The van der Waals surface area contributed by atoms with Crippen LogP contribution in [0.2, 0.25) is 10.0 Å². The van der Waals surface area contributed by atoms with Crippen molar-refractivity contribution in [3.63, 3.8) is 0 Å². The van der Waals surface area contributed by atoms with E-state index in [0.29, 0.717) is 10.0 Å². The fraction of sp³-hybridized carbons (Fsp3) is 0.188. The molecule has 3 rings (SSSR count). The standard InChI is InChI=1S/C16H12Cl2INOS/c17-10-5-6-11(13(18)9-10)16-20(7-8-22-16)15(21)12-3-1-2-4-14(12)19/h1-6,9,16H,7-8H2. The van der Waals surface area contributed by atoms with E-state index < -0.39 is 0 Å². The van der Waals surface area contributed by atoms with Gasteiger partial charge < -0.3 is 4.90 Å². The summed E-state index contributed by atoms with van der Waals surface area (Å²) in [6.07, 6.45) is 0. The summed E-state index contributed by atoms with van der Waals surface area (Å²) in [6.45, 7) is 0.720. The average Bonchev–Trinajstić information content (AvgIpc) is 2.96. The number of carbonyl (C=O) groups is 1. The topological polar surface area (TPSA) is 20.3 Å². The zero-order chi connectivity index (χ0) is 15.7. The second-order valence-corrected chi connectivity index (χ2v) is 8.06. The van der Waals surface area contributed by atoms with Crippen LogP contribution in [0.15, 0.2) is 42.5 Å². The van der Waals surface area contributed by atoms with Crippen LogP contribution >= 0.6 is 57.6 Å². The molecule has 0 radical (unpaired) electrons. The molecular formula is C16H12Cl2INOS. The third-order valence-corrected chi connectivity index (χ3v) is 6.23. The summed E-state index contributed by atoms with van der Waals surface area (Å²) in [4.78, 5) is 14.8. The summed E-state index contributed by atoms with van der Waals surface area (Å²) in [5.74, 6) is 0.949. The first-order chi connectivity index (χ1) is 10.6. The Morgan fingerprint density at radius 1 is 1.23 bits per heavy atom. The highest BCUT2D eigenvalue weighted by molar-refractivity contribution is 14.1. The van der Waals surface area contributed by atoms with Crippen molar-refractivity contribution in [1.82, 2.24) is 4.90 Å². The molecule has 1 heterocycles. The lowest BCUT2D eigenvalue weighted by Crippen LogP contribution is -2.31. The summed E-state index contributed by atoms with van der Waals surface area (Å²) in [5, 5.41) is 1.15. The molecule has 114 valence electrons. The monoisotopic (exact) mass is 463 g/mol. The second kappa shape index (κ2) is 6.99. The van der Waals surface area contributed by atoms with Crippen molar-refractivity contribution in [3.8, 4) is 0 Å². The van der Waals surface area contributed by atoms with Gasteiger partial charge in [-0.2, -0.15) is 0 Å². The van der Waals surface area contributed by atoms with Crippen molar-refractivity contribution in [2.24, 2.45) is 0 Å². The number of thioether (sulfide) groups is 1. The van der Waals surface area contributed by atoms with E-state index in [9.17, 15) is 4.79 Å². The summed E-state index contributed by atoms with van der Waals surface area (Å²) in [6, 6.07) is 13.1. The fourth-order valence-corrected chi connectivity index (χ4v) is 4.91. The molecule has 1 aliphatic rings. The van der Waals surface area contributed by atoms with E-state index in [1.807, 2.05) is 41.3 Å². The molecule has 22 heavy (non-hydrogen) atoms. The van der Waals surface area contributed by atoms with Crippen molar-refractivity contribution < 1.29 is 4.79 Å². The van der Waals surface area contributed by atoms with E-state index >= 15 is 0 Å². The van der Waals surface area contributed by atoms with Crippen molar-refractivity contribution in [1.29, 1.82) is 0 Å². The van der Waals surface area contributed by atoms with Gasteiger partial charge in [0, 0.05) is 31.5 Å². The minimum absolute atomic E-state index is 0.0472. The average molecular weight is 464 g/mol. The lowest BCUT2D eigenvalue weighted by molar-refractivity contribution is 0.0759. The summed E-state index contributed by atoms with van der Waals surface area (Å²) >= 11 is 16.2. The predicted octanol–water partition coefficient (Wildman–Crippen LogP) is 5.49. The first kappa shape index (κ1) is 16.4. The lowest BCUT2D eigenvalue weighted by Gasteiger charge is -2.25. The number of hydrogen-bond acceptors (Lipinski definition) is 2. The highest BCUT2D eigenvalue weighted by Crippen LogP contribution is 2.42. The minimum atomic E-state index is -0.0618. The molecule has 6 heteroatoms. The zero-order valence-electron chi connectivity index (χ0n) is 11.4. The Balaban J connectivity index is 1.93. The van der Waals surface area contributed by atoms with Crippen LogP contribution in [-0.2, 0) is 0 Å². The lowest BCUT2D eigenvalue weighted by atomic mass is 10.1. The molecule has 0 N–H and O–H groups in total. The molecule has 0 spiro atoms. The summed E-state index contributed by atoms with van der Waals surface area (Å²) in [5.41, 5.74) is 1.67. The Hall–Kier alpha value is -0.430. The number of hydrogen-bond donors (Lipinski definition) is 0. The SMILES string of the molecule is O=C(c1ccccc1I)N1CCSC1c1ccc(Cl)cc1Cl. The Kier molecular flexibility index (Phi) is 5.22. The van der Waals surface area contributed by atoms with Gasteiger partial charge in [0.25, 0.3) is 5.91 Å². The minimum Gasteiger partial charge on any atom is -0.322 e. The molecule has 1 saturated heterocycles. The van der Waals surface area contributed by atoms with Gasteiger partial charge in [0.2, 0.25) is 0 Å². The zero-order valence-corrected chi connectivity index (χ0v) is 15.9. The molecule has 1 unspecified atom stereocenters. The molecule has 1 aliphatic heterocycles. The maximum absolute atomic E-state index is 12.9. The Morgan fingerprint density at radius 3 is 2.73 bits per heavy atom. The van der Waals surface area contributed by atoms with Crippen molar-refractivity contribution in [2.45, 2.75) is 5.37 Å². The Labute approximate surface area is 157 Å². The van der Waals surface area contributed by atoms with Crippen LogP contribution in [0.4, 0.5) is 0 Å². The number of carbonyl (C=O) groups excluding carboxylic acids is 1. The molecule has 1 fully saturated rings. The first-order valence-corrected chi connectivity index (χ1v) is 9.58. The molecule has 0 bridgehead atoms. The van der Waals surface area contributed by atoms with Gasteiger partial charge in [-0.15, -0.1) is 11.8 Å². The molecule has 2 aromatic carbocycles. The van der Waals surface area contributed by atoms with Crippen LogP contribution in [0.3, 0.4) is 0 Å². The van der Waals surface area contributed by atoms with E-state index in [4.69, 9.17) is 23.2 Å². The van der Waals surface area contributed by atoms with Crippen molar-refractivity contribution in [3.05, 3.63) is 67.2 Å². The highest BCUT2D eigenvalue weighted by atomic mass is 127. The quantitative estimate of drug-likeness (QED) is 0.549. The second-order valence-electron chi connectivity index (χ2n) is 4.87. The van der Waals surface area contributed by atoms with Gasteiger partial charge in [-0.25, -0.2) is 0 Å². The van der Waals surface area contributed by atoms with Gasteiger partial charge in [-0.05, 0) is 46.9 Å². The molecule has 0 saturated carbocycles. The van der Waals surface area contributed by atoms with Gasteiger partial charge in [0.15, 0.2) is 0 Å². The van der Waals surface area contributed by atoms with Gasteiger partial charge in [-0.1, -0.05) is 41.4 Å². The highest BCUT2D eigenvalue weighted by Gasteiger charge is 2.33. The van der Waals surface area contributed by atoms with E-state index in [2.05, 4.69) is 22.6 Å². The Morgan fingerprint density at radius 2 is 2.00 bits per heavy atom. The maximum Gasteiger partial charge on any atom is 0.256 e. The molecule has 2 aromatic rings. The van der Waals surface area contributed by atoms with Gasteiger partial charge in [0.05, 0.1) is 5.56 Å². The first-order valence-electron chi connectivity index (χ1n) is 6.70. The van der Waals surface area contributed by atoms with E-state index in [1.165, 1.54) is 0 Å². The number of amides is 1. The van der Waals surface area contributed by atoms with Crippen LogP contribution in [0.5, 0.6) is 0 Å². The van der Waals surface area contributed by atoms with E-state index in [0.717, 1.165) is 27.0 Å². The van der Waals surface area contributed by atoms with Gasteiger partial charge >= 0.3 is 0 Å². The van der Waals surface area contributed by atoms with Gasteiger partial charge in [-0.3, -0.25) is 4.79 Å². The van der Waals surface area contributed by atoms with E-state index in [-0.39, 0.29) is 11.3 Å². The number of halogens is 3. The summed E-state index contributed by atoms with van der Waals surface area (Å²) in [7, 11) is 0. The molecular weight excluding hydrogens is 452 g/mol. The molecule has 2 nitrogen and oxygen atoms in total. The number of rotatable bonds is 2. The molecule has 1 atom stereocenters. The van der Waals surface area contributed by atoms with Crippen LogP contribution in [0.1, 0.15) is 21.3 Å². The van der Waals surface area contributed by atoms with Crippen LogP contribution < -0.4 is 0 Å². The third-order valence-electron chi connectivity index (χ3n) is 3.48. The fourth-order valence-electron chi connectivity index (χ4n) is 2.43. The number of benzene rings is 2. The normalized spacial score (nSPS) is 17.8. The van der Waals surface area contributed by atoms with Crippen LogP contribution in [0.25, 0.3) is 0 Å². The van der Waals surface area contributed by atoms with Crippen LogP contribution in [-0.4, -0.2) is 23.1 Å². The van der Waals surface area contributed by atoms with E-state index in [1.54, 1.807) is 17.8 Å². The molecule has 0 aliphatic carbocycles. The predicted molar refractivity (Wildman–Crippen MR) is 102 cm³/mol. The third kappa shape index (κ3) is 3.25. The molecule has 1 amide bonds. The maximum atomic E-state index is 12.9. The van der Waals surface area contributed by atoms with Crippen LogP contribution in [0, 0.1) is 3.57 Å². The molecule has 0 aromatic heterocycles. The van der Waals surface area contributed by atoms with Crippen molar-refractivity contribution >= 4 is 63.5 Å². The smallest absolute Gasteiger partial charge is 0.256 e.